The summed E-state index contributed by atoms with van der Waals surface area (Å²) < 4.78 is 5.61. The third-order valence-electron chi connectivity index (χ3n) is 2.73. The Balaban J connectivity index is 2.15. The predicted octanol–water partition coefficient (Wildman–Crippen LogP) is 1.60. The van der Waals surface area contributed by atoms with Gasteiger partial charge < -0.3 is 20.3 Å². The van der Waals surface area contributed by atoms with Crippen LogP contribution < -0.4 is 10.6 Å². The number of rotatable bonds is 11. The molecule has 124 valence electrons. The van der Waals surface area contributed by atoms with E-state index in [0.717, 1.165) is 19.2 Å². The maximum atomic E-state index is 10.4. The van der Waals surface area contributed by atoms with Crippen LogP contribution in [0.3, 0.4) is 0 Å². The molecule has 0 saturated heterocycles. The topological polar surface area (TPSA) is 79.7 Å². The van der Waals surface area contributed by atoms with Crippen molar-refractivity contribution in [3.05, 3.63) is 44.0 Å². The molecule has 1 heterocycles. The van der Waals surface area contributed by atoms with Gasteiger partial charge in [0.25, 0.3) is 6.20 Å². The van der Waals surface area contributed by atoms with Gasteiger partial charge in [0.15, 0.2) is 5.82 Å². The maximum Gasteiger partial charge on any atom is 0.274 e. The molecule has 0 spiro atoms. The van der Waals surface area contributed by atoms with Gasteiger partial charge in [0.1, 0.15) is 0 Å². The van der Waals surface area contributed by atoms with Gasteiger partial charge in [-0.2, -0.15) is 0 Å². The molecule has 8 heteroatoms. The van der Waals surface area contributed by atoms with E-state index in [1.54, 1.807) is 18.4 Å². The van der Waals surface area contributed by atoms with Gasteiger partial charge in [0.2, 0.25) is 0 Å². The van der Waals surface area contributed by atoms with Crippen LogP contribution in [0.5, 0.6) is 0 Å². The van der Waals surface area contributed by atoms with E-state index in [-0.39, 0.29) is 0 Å². The lowest BCUT2D eigenvalue weighted by Crippen LogP contribution is -2.26. The molecule has 0 saturated carbocycles. The molecule has 1 rings (SSSR count). The zero-order valence-electron chi connectivity index (χ0n) is 13.3. The van der Waals surface area contributed by atoms with Crippen molar-refractivity contribution in [3.63, 3.8) is 0 Å². The number of ether oxygens (including phenoxy) is 1. The summed E-state index contributed by atoms with van der Waals surface area (Å²) in [5.41, 5.74) is 1.19. The number of hydrogen-bond donors (Lipinski definition) is 2. The highest BCUT2D eigenvalue weighted by Gasteiger charge is 2.02. The van der Waals surface area contributed by atoms with Gasteiger partial charge in [0, 0.05) is 31.6 Å². The lowest BCUT2D eigenvalue weighted by atomic mass is 10.3. The Hall–Kier alpha value is -1.64. The highest BCUT2D eigenvalue weighted by molar-refractivity contribution is 7.10. The van der Waals surface area contributed by atoms with Crippen molar-refractivity contribution < 1.29 is 9.66 Å². The second-order valence-corrected chi connectivity index (χ2v) is 6.07. The van der Waals surface area contributed by atoms with E-state index < -0.39 is 4.92 Å². The molecule has 0 unspecified atom stereocenters. The Labute approximate surface area is 135 Å². The van der Waals surface area contributed by atoms with Crippen molar-refractivity contribution in [2.45, 2.75) is 19.6 Å². The molecule has 0 radical (unpaired) electrons. The monoisotopic (exact) mass is 328 g/mol. The minimum absolute atomic E-state index is 0.399. The van der Waals surface area contributed by atoms with Crippen molar-refractivity contribution in [2.24, 2.45) is 0 Å². The van der Waals surface area contributed by atoms with Crippen LogP contribution in [0, 0.1) is 10.1 Å². The van der Waals surface area contributed by atoms with Gasteiger partial charge in [-0.3, -0.25) is 10.1 Å². The Kier molecular flexibility index (Phi) is 8.49. The molecule has 0 aromatic carbocycles. The first-order chi connectivity index (χ1) is 10.5. The zero-order valence-corrected chi connectivity index (χ0v) is 14.1. The highest BCUT2D eigenvalue weighted by atomic mass is 32.1. The predicted molar refractivity (Wildman–Crippen MR) is 88.1 cm³/mol. The lowest BCUT2D eigenvalue weighted by molar-refractivity contribution is -0.404. The van der Waals surface area contributed by atoms with E-state index in [2.05, 4.69) is 41.1 Å². The molecule has 0 amide bonds. The first kappa shape index (κ1) is 18.4. The van der Waals surface area contributed by atoms with Crippen LogP contribution in [-0.4, -0.2) is 44.1 Å². The minimum atomic E-state index is -0.489. The van der Waals surface area contributed by atoms with Gasteiger partial charge in [-0.05, 0) is 37.5 Å². The number of nitrogens with zero attached hydrogens (tertiary/aromatic N) is 2. The first-order valence-electron chi connectivity index (χ1n) is 7.07. The van der Waals surface area contributed by atoms with Gasteiger partial charge in [0.05, 0.1) is 11.5 Å². The van der Waals surface area contributed by atoms with Crippen LogP contribution in [0.2, 0.25) is 0 Å². The average Bonchev–Trinajstić information content (AvgIpc) is 2.87. The van der Waals surface area contributed by atoms with E-state index >= 15 is 0 Å². The molecule has 22 heavy (non-hydrogen) atoms. The van der Waals surface area contributed by atoms with Crippen LogP contribution in [0.25, 0.3) is 0 Å². The number of nitro groups is 1. The Morgan fingerprint density at radius 1 is 1.55 bits per heavy atom. The van der Waals surface area contributed by atoms with E-state index in [1.807, 2.05) is 0 Å². The third kappa shape index (κ3) is 7.96. The molecule has 0 aliphatic carbocycles. The molecular formula is C14H24N4O3S. The summed E-state index contributed by atoms with van der Waals surface area (Å²) in [6, 6.07) is 2.17. The van der Waals surface area contributed by atoms with E-state index in [1.165, 1.54) is 10.4 Å². The summed E-state index contributed by atoms with van der Waals surface area (Å²) in [6.07, 6.45) is 1.70. The molecule has 0 bridgehead atoms. The largest absolute Gasteiger partial charge is 0.377 e. The fourth-order valence-electron chi connectivity index (χ4n) is 1.79. The summed E-state index contributed by atoms with van der Waals surface area (Å²) in [7, 11) is 5.74. The Morgan fingerprint density at radius 2 is 2.32 bits per heavy atom. The zero-order chi connectivity index (χ0) is 16.4. The quantitative estimate of drug-likeness (QED) is 0.365. The molecule has 0 aliphatic heterocycles. The average molecular weight is 328 g/mol. The number of nitrogens with one attached hydrogen (secondary N) is 2. The molecule has 7 nitrogen and oxygen atoms in total. The molecule has 0 aliphatic rings. The number of hydrogen-bond acceptors (Lipinski definition) is 7. The van der Waals surface area contributed by atoms with Crippen LogP contribution >= 0.6 is 11.3 Å². The molecule has 2 N–H and O–H groups in total. The third-order valence-corrected chi connectivity index (χ3v) is 3.70. The standard InChI is InChI=1S/C14H24N4O3S/c1-15-14(9-18(19)20)16-5-4-6-21-10-12-7-13(22-11-12)8-17(2)3/h7,9,11,15-16H,4-6,8,10H2,1-3H3. The minimum Gasteiger partial charge on any atom is -0.377 e. The lowest BCUT2D eigenvalue weighted by Gasteiger charge is -2.08. The fourth-order valence-corrected chi connectivity index (χ4v) is 2.78. The second-order valence-electron chi connectivity index (χ2n) is 5.07. The fraction of sp³-hybridized carbons (Fsp3) is 0.571. The number of thiophene rings is 1. The Morgan fingerprint density at radius 3 is 2.95 bits per heavy atom. The Bertz CT molecular complexity index is 488. The summed E-state index contributed by atoms with van der Waals surface area (Å²) >= 11 is 1.75. The molecule has 0 fully saturated rings. The molecule has 0 atom stereocenters. The van der Waals surface area contributed by atoms with Gasteiger partial charge in [-0.25, -0.2) is 0 Å². The maximum absolute atomic E-state index is 10.4. The highest BCUT2D eigenvalue weighted by Crippen LogP contribution is 2.16. The summed E-state index contributed by atoms with van der Waals surface area (Å²) in [4.78, 5) is 13.3. The summed E-state index contributed by atoms with van der Waals surface area (Å²) in [5.74, 6) is 0.399. The van der Waals surface area contributed by atoms with Gasteiger partial charge in [-0.1, -0.05) is 0 Å². The van der Waals surface area contributed by atoms with Crippen molar-refractivity contribution >= 4 is 11.3 Å². The van der Waals surface area contributed by atoms with Crippen molar-refractivity contribution in [1.82, 2.24) is 15.5 Å². The normalized spacial score (nSPS) is 11.7. The second kappa shape index (κ2) is 10.1. The van der Waals surface area contributed by atoms with Crippen LogP contribution in [0.4, 0.5) is 0 Å². The van der Waals surface area contributed by atoms with Gasteiger partial charge >= 0.3 is 0 Å². The first-order valence-corrected chi connectivity index (χ1v) is 7.95. The molecule has 1 aromatic heterocycles. The van der Waals surface area contributed by atoms with Crippen LogP contribution in [0.1, 0.15) is 16.9 Å². The van der Waals surface area contributed by atoms with Crippen molar-refractivity contribution in [2.75, 3.05) is 34.3 Å². The van der Waals surface area contributed by atoms with E-state index in [9.17, 15) is 10.1 Å². The molecular weight excluding hydrogens is 304 g/mol. The van der Waals surface area contributed by atoms with E-state index in [4.69, 9.17) is 4.74 Å². The van der Waals surface area contributed by atoms with E-state index in [0.29, 0.717) is 25.6 Å². The van der Waals surface area contributed by atoms with Gasteiger partial charge in [-0.15, -0.1) is 11.3 Å². The van der Waals surface area contributed by atoms with Crippen LogP contribution in [-0.2, 0) is 17.9 Å². The smallest absolute Gasteiger partial charge is 0.274 e. The SMILES string of the molecule is CNC(=C[N+](=O)[O-])NCCCOCc1csc(CN(C)C)c1. The van der Waals surface area contributed by atoms with Crippen molar-refractivity contribution in [3.8, 4) is 0 Å². The summed E-state index contributed by atoms with van der Waals surface area (Å²) in [6.45, 7) is 2.79. The van der Waals surface area contributed by atoms with Crippen LogP contribution in [0.15, 0.2) is 23.5 Å². The van der Waals surface area contributed by atoms with Crippen molar-refractivity contribution in [1.29, 1.82) is 0 Å². The summed E-state index contributed by atoms with van der Waals surface area (Å²) in [5, 5.41) is 18.2. The molecule has 1 aromatic rings.